The van der Waals surface area contributed by atoms with Gasteiger partial charge in [-0.3, -0.25) is 4.79 Å². The predicted molar refractivity (Wildman–Crippen MR) is 57.8 cm³/mol. The third kappa shape index (κ3) is 2.27. The van der Waals surface area contributed by atoms with Gasteiger partial charge in [-0.15, -0.1) is 0 Å². The fourth-order valence-electron chi connectivity index (χ4n) is 2.03. The first-order valence-electron chi connectivity index (χ1n) is 5.64. The van der Waals surface area contributed by atoms with Crippen LogP contribution in [0.15, 0.2) is 0 Å². The van der Waals surface area contributed by atoms with Gasteiger partial charge in [-0.2, -0.15) is 0 Å². The van der Waals surface area contributed by atoms with Gasteiger partial charge < -0.3 is 10.6 Å². The van der Waals surface area contributed by atoms with Crippen LogP contribution < -0.4 is 5.73 Å². The maximum atomic E-state index is 11.9. The lowest BCUT2D eigenvalue weighted by molar-refractivity contribution is -0.137. The van der Waals surface area contributed by atoms with Crippen molar-refractivity contribution >= 4 is 5.91 Å². The van der Waals surface area contributed by atoms with Crippen molar-refractivity contribution in [3.8, 4) is 0 Å². The van der Waals surface area contributed by atoms with E-state index in [1.165, 1.54) is 6.42 Å². The third-order valence-corrected chi connectivity index (χ3v) is 3.41. The largest absolute Gasteiger partial charge is 0.338 e. The summed E-state index contributed by atoms with van der Waals surface area (Å²) >= 11 is 0. The van der Waals surface area contributed by atoms with E-state index in [0.29, 0.717) is 12.0 Å². The van der Waals surface area contributed by atoms with Crippen LogP contribution in [0.5, 0.6) is 0 Å². The lowest BCUT2D eigenvalue weighted by atomic mass is 9.91. The number of amides is 1. The van der Waals surface area contributed by atoms with Crippen molar-refractivity contribution in [3.05, 3.63) is 0 Å². The molecule has 0 aromatic heterocycles. The Morgan fingerprint density at radius 1 is 1.57 bits per heavy atom. The Labute approximate surface area is 86.6 Å². The first-order chi connectivity index (χ1) is 6.57. The van der Waals surface area contributed by atoms with Crippen molar-refractivity contribution in [1.29, 1.82) is 0 Å². The van der Waals surface area contributed by atoms with Crippen LogP contribution >= 0.6 is 0 Å². The van der Waals surface area contributed by atoms with Gasteiger partial charge in [0.2, 0.25) is 5.91 Å². The lowest BCUT2D eigenvalue weighted by Crippen LogP contribution is -2.51. The second kappa shape index (κ2) is 4.78. The van der Waals surface area contributed by atoms with Crippen molar-refractivity contribution in [2.45, 2.75) is 52.1 Å². The van der Waals surface area contributed by atoms with Crippen molar-refractivity contribution in [1.82, 2.24) is 4.90 Å². The molecule has 1 saturated heterocycles. The van der Waals surface area contributed by atoms with Crippen LogP contribution in [0.4, 0.5) is 0 Å². The summed E-state index contributed by atoms with van der Waals surface area (Å²) in [5.41, 5.74) is 5.76. The Bertz CT molecular complexity index is 205. The standard InChI is InChI=1S/C11H22N2O/c1-4-10(12)11(14)13-7-5-6-8(2)9(13)3/h8-10H,4-7,12H2,1-3H3/t8?,9?,10-/m1/s1. The van der Waals surface area contributed by atoms with Crippen molar-refractivity contribution < 1.29 is 4.79 Å². The van der Waals surface area contributed by atoms with Gasteiger partial charge in [-0.05, 0) is 32.1 Å². The molecule has 82 valence electrons. The molecule has 0 aromatic rings. The second-order valence-electron chi connectivity index (χ2n) is 4.41. The van der Waals surface area contributed by atoms with Crippen LogP contribution in [0.1, 0.15) is 40.0 Å². The van der Waals surface area contributed by atoms with E-state index >= 15 is 0 Å². The normalized spacial score (nSPS) is 30.1. The summed E-state index contributed by atoms with van der Waals surface area (Å²) in [6, 6.07) is 0.0524. The molecule has 1 aliphatic heterocycles. The summed E-state index contributed by atoms with van der Waals surface area (Å²) in [4.78, 5) is 13.8. The summed E-state index contributed by atoms with van der Waals surface area (Å²) in [5.74, 6) is 0.739. The van der Waals surface area contributed by atoms with E-state index in [4.69, 9.17) is 5.73 Å². The Morgan fingerprint density at radius 2 is 2.21 bits per heavy atom. The van der Waals surface area contributed by atoms with E-state index in [-0.39, 0.29) is 11.9 Å². The Kier molecular flexibility index (Phi) is 3.93. The SMILES string of the molecule is CC[C@@H](N)C(=O)N1CCCC(C)C1C. The zero-order valence-electron chi connectivity index (χ0n) is 9.49. The molecule has 14 heavy (non-hydrogen) atoms. The quantitative estimate of drug-likeness (QED) is 0.728. The molecular formula is C11H22N2O. The highest BCUT2D eigenvalue weighted by Crippen LogP contribution is 2.23. The highest BCUT2D eigenvalue weighted by molar-refractivity contribution is 5.81. The molecule has 1 heterocycles. The lowest BCUT2D eigenvalue weighted by Gasteiger charge is -2.39. The number of nitrogens with two attached hydrogens (primary N) is 1. The molecule has 3 atom stereocenters. The third-order valence-electron chi connectivity index (χ3n) is 3.41. The molecule has 0 aromatic carbocycles. The second-order valence-corrected chi connectivity index (χ2v) is 4.41. The zero-order valence-corrected chi connectivity index (χ0v) is 9.49. The first kappa shape index (κ1) is 11.5. The fraction of sp³-hybridized carbons (Fsp3) is 0.909. The molecule has 3 nitrogen and oxygen atoms in total. The van der Waals surface area contributed by atoms with E-state index in [1.54, 1.807) is 0 Å². The van der Waals surface area contributed by atoms with Crippen LogP contribution in [0.25, 0.3) is 0 Å². The van der Waals surface area contributed by atoms with Crippen molar-refractivity contribution in [2.75, 3.05) is 6.54 Å². The number of rotatable bonds is 2. The van der Waals surface area contributed by atoms with Crippen LogP contribution in [0.2, 0.25) is 0 Å². The fourth-order valence-corrected chi connectivity index (χ4v) is 2.03. The highest BCUT2D eigenvalue weighted by atomic mass is 16.2. The van der Waals surface area contributed by atoms with E-state index in [2.05, 4.69) is 13.8 Å². The van der Waals surface area contributed by atoms with Gasteiger partial charge in [0, 0.05) is 12.6 Å². The average molecular weight is 198 g/mol. The first-order valence-corrected chi connectivity index (χ1v) is 5.64. The number of likely N-dealkylation sites (tertiary alicyclic amines) is 1. The Morgan fingerprint density at radius 3 is 2.79 bits per heavy atom. The van der Waals surface area contributed by atoms with Gasteiger partial charge >= 0.3 is 0 Å². The minimum atomic E-state index is -0.303. The summed E-state index contributed by atoms with van der Waals surface area (Å²) < 4.78 is 0. The number of hydrogen-bond acceptors (Lipinski definition) is 2. The minimum absolute atomic E-state index is 0.131. The molecule has 2 N–H and O–H groups in total. The van der Waals surface area contributed by atoms with Gasteiger partial charge in [-0.25, -0.2) is 0 Å². The minimum Gasteiger partial charge on any atom is -0.338 e. The number of carbonyl (C=O) groups is 1. The molecule has 1 rings (SSSR count). The summed E-state index contributed by atoms with van der Waals surface area (Å²) in [7, 11) is 0. The van der Waals surface area contributed by atoms with Gasteiger partial charge in [0.25, 0.3) is 0 Å². The highest BCUT2D eigenvalue weighted by Gasteiger charge is 2.30. The van der Waals surface area contributed by atoms with Gasteiger partial charge in [0.15, 0.2) is 0 Å². The monoisotopic (exact) mass is 198 g/mol. The van der Waals surface area contributed by atoms with Crippen molar-refractivity contribution in [3.63, 3.8) is 0 Å². The smallest absolute Gasteiger partial charge is 0.239 e. The van der Waals surface area contributed by atoms with E-state index < -0.39 is 0 Å². The zero-order chi connectivity index (χ0) is 10.7. The van der Waals surface area contributed by atoms with Crippen LogP contribution in [0.3, 0.4) is 0 Å². The summed E-state index contributed by atoms with van der Waals surface area (Å²) in [6.45, 7) is 7.18. The van der Waals surface area contributed by atoms with Crippen LogP contribution in [0, 0.1) is 5.92 Å². The molecule has 0 saturated carbocycles. The predicted octanol–water partition coefficient (Wildman–Crippen LogP) is 1.37. The summed E-state index contributed by atoms with van der Waals surface area (Å²) in [6.07, 6.45) is 3.08. The number of carbonyl (C=O) groups excluding carboxylic acids is 1. The van der Waals surface area contributed by atoms with Crippen molar-refractivity contribution in [2.24, 2.45) is 11.7 Å². The van der Waals surface area contributed by atoms with Gasteiger partial charge in [0.1, 0.15) is 0 Å². The van der Waals surface area contributed by atoms with Crippen LogP contribution in [-0.2, 0) is 4.79 Å². The molecule has 1 amide bonds. The van der Waals surface area contributed by atoms with Gasteiger partial charge in [0.05, 0.1) is 6.04 Å². The molecule has 0 bridgehead atoms. The van der Waals surface area contributed by atoms with E-state index in [0.717, 1.165) is 19.4 Å². The molecular weight excluding hydrogens is 176 g/mol. The van der Waals surface area contributed by atoms with E-state index in [9.17, 15) is 4.79 Å². The molecule has 0 radical (unpaired) electrons. The van der Waals surface area contributed by atoms with Gasteiger partial charge in [-0.1, -0.05) is 13.8 Å². The molecule has 3 heteroatoms. The molecule has 1 aliphatic rings. The topological polar surface area (TPSA) is 46.3 Å². The molecule has 1 fully saturated rings. The molecule has 0 aliphatic carbocycles. The maximum absolute atomic E-state index is 11.9. The van der Waals surface area contributed by atoms with E-state index in [1.807, 2.05) is 11.8 Å². The van der Waals surface area contributed by atoms with Crippen LogP contribution in [-0.4, -0.2) is 29.4 Å². The number of nitrogens with zero attached hydrogens (tertiary/aromatic N) is 1. The average Bonchev–Trinajstić information content (AvgIpc) is 2.20. The Balaban J connectivity index is 2.62. The number of hydrogen-bond donors (Lipinski definition) is 1. The molecule has 0 spiro atoms. The molecule has 2 unspecified atom stereocenters. The maximum Gasteiger partial charge on any atom is 0.239 e. The number of piperidine rings is 1. The summed E-state index contributed by atoms with van der Waals surface area (Å²) in [5, 5.41) is 0. The Hall–Kier alpha value is -0.570.